The molecule has 0 radical (unpaired) electrons. The normalized spacial score (nSPS) is 38.4. The van der Waals surface area contributed by atoms with Crippen LogP contribution in [0.4, 0.5) is 0 Å². The van der Waals surface area contributed by atoms with E-state index in [1.54, 1.807) is 0 Å². The van der Waals surface area contributed by atoms with Crippen LogP contribution < -0.4 is 0 Å². The molecule has 3 heteroatoms. The van der Waals surface area contributed by atoms with Crippen molar-refractivity contribution in [2.24, 2.45) is 0 Å². The molecule has 1 saturated carbocycles. The van der Waals surface area contributed by atoms with Crippen molar-refractivity contribution in [3.63, 3.8) is 0 Å². The number of aliphatic hydroxyl groups is 1. The molecule has 2 rings (SSSR count). The van der Waals surface area contributed by atoms with Crippen LogP contribution in [0.2, 0.25) is 0 Å². The van der Waals surface area contributed by atoms with E-state index in [-0.39, 0.29) is 5.54 Å². The molecule has 1 aliphatic carbocycles. The Morgan fingerprint density at radius 2 is 1.90 bits per heavy atom. The maximum absolute atomic E-state index is 9.25. The van der Waals surface area contributed by atoms with Crippen LogP contribution in [-0.2, 0) is 0 Å². The topological polar surface area (TPSA) is 43.7 Å². The lowest BCUT2D eigenvalue weighted by Crippen LogP contribution is -2.62. The lowest BCUT2D eigenvalue weighted by Gasteiger charge is -2.50. The Balaban J connectivity index is 2.05. The summed E-state index contributed by atoms with van der Waals surface area (Å²) >= 11 is 0. The Hall–Kier alpha value is -0.120. The molecular weight excluding hydrogens is 130 g/mol. The van der Waals surface area contributed by atoms with Gasteiger partial charge < -0.3 is 10.3 Å². The number of aliphatic hydroxyl groups excluding tert-OH is 1. The van der Waals surface area contributed by atoms with Crippen molar-refractivity contribution in [3.05, 3.63) is 0 Å². The van der Waals surface area contributed by atoms with Crippen molar-refractivity contribution in [2.45, 2.75) is 43.9 Å². The molecule has 0 aromatic rings. The molecule has 1 spiro atoms. The smallest absolute Gasteiger partial charge is 0.132 e. The Morgan fingerprint density at radius 1 is 1.30 bits per heavy atom. The molecule has 2 fully saturated rings. The fourth-order valence-corrected chi connectivity index (χ4v) is 2.19. The predicted octanol–water partition coefficient (Wildman–Crippen LogP) is 0.712. The number of rotatable bonds is 0. The summed E-state index contributed by atoms with van der Waals surface area (Å²) < 4.78 is 0. The predicted molar refractivity (Wildman–Crippen MR) is 35.4 cm³/mol. The van der Waals surface area contributed by atoms with E-state index in [1.807, 2.05) is 0 Å². The molecule has 1 atom stereocenters. The van der Waals surface area contributed by atoms with E-state index < -0.39 is 6.23 Å². The van der Waals surface area contributed by atoms with Gasteiger partial charge in [-0.05, 0) is 12.8 Å². The van der Waals surface area contributed by atoms with Gasteiger partial charge in [-0.1, -0.05) is 12.8 Å². The molecule has 58 valence electrons. The van der Waals surface area contributed by atoms with Crippen molar-refractivity contribution >= 4 is 0 Å². The van der Waals surface area contributed by atoms with Crippen LogP contribution >= 0.6 is 0 Å². The minimum absolute atomic E-state index is 0.0145. The molecule has 1 unspecified atom stereocenters. The minimum Gasteiger partial charge on any atom is -0.376 e. The Morgan fingerprint density at radius 3 is 2.30 bits per heavy atom. The molecule has 0 aromatic carbocycles. The summed E-state index contributed by atoms with van der Waals surface area (Å²) in [7, 11) is 0. The zero-order chi connectivity index (χ0) is 7.19. The third-order valence-electron chi connectivity index (χ3n) is 2.87. The van der Waals surface area contributed by atoms with Gasteiger partial charge in [0.05, 0.1) is 5.54 Å². The summed E-state index contributed by atoms with van der Waals surface area (Å²) in [5.41, 5.74) is -0.0145. The number of hydrogen-bond donors (Lipinski definition) is 2. The fraction of sp³-hybridized carbons (Fsp3) is 1.00. The fourth-order valence-electron chi connectivity index (χ4n) is 2.19. The molecule has 0 aromatic heterocycles. The molecule has 10 heavy (non-hydrogen) atoms. The van der Waals surface area contributed by atoms with Crippen LogP contribution in [0, 0.1) is 0 Å². The molecule has 1 aliphatic heterocycles. The summed E-state index contributed by atoms with van der Waals surface area (Å²) in [5.74, 6) is 0. The van der Waals surface area contributed by atoms with Gasteiger partial charge in [-0.25, -0.2) is 0 Å². The van der Waals surface area contributed by atoms with Crippen molar-refractivity contribution in [2.75, 3.05) is 0 Å². The highest BCUT2D eigenvalue weighted by molar-refractivity contribution is 5.00. The third kappa shape index (κ3) is 0.654. The third-order valence-corrected chi connectivity index (χ3v) is 2.87. The second-order valence-electron chi connectivity index (χ2n) is 3.46. The lowest BCUT2D eigenvalue weighted by molar-refractivity contribution is -0.330. The van der Waals surface area contributed by atoms with Gasteiger partial charge in [-0.2, -0.15) is 5.06 Å². The zero-order valence-corrected chi connectivity index (χ0v) is 5.95. The lowest BCUT2D eigenvalue weighted by atomic mass is 9.84. The van der Waals surface area contributed by atoms with Crippen LogP contribution in [0.15, 0.2) is 0 Å². The van der Waals surface area contributed by atoms with Gasteiger partial charge in [0.1, 0.15) is 6.23 Å². The highest BCUT2D eigenvalue weighted by atomic mass is 16.5. The van der Waals surface area contributed by atoms with Gasteiger partial charge >= 0.3 is 0 Å². The molecule has 2 aliphatic rings. The first kappa shape index (κ1) is 6.58. The maximum atomic E-state index is 9.25. The monoisotopic (exact) mass is 143 g/mol. The Kier molecular flexibility index (Phi) is 1.27. The van der Waals surface area contributed by atoms with E-state index in [2.05, 4.69) is 0 Å². The molecule has 1 saturated heterocycles. The van der Waals surface area contributed by atoms with Crippen LogP contribution in [0.25, 0.3) is 0 Å². The van der Waals surface area contributed by atoms with Gasteiger partial charge in [0.15, 0.2) is 0 Å². The molecule has 0 amide bonds. The molecule has 1 heterocycles. The standard InChI is InChI=1S/C7H13NO2/c9-6-5-7(8(6)10)3-1-2-4-7/h6,9-10H,1-5H2. The number of hydroxylamine groups is 2. The Labute approximate surface area is 60.2 Å². The van der Waals surface area contributed by atoms with Crippen molar-refractivity contribution in [1.29, 1.82) is 0 Å². The summed E-state index contributed by atoms with van der Waals surface area (Å²) in [4.78, 5) is 0. The second-order valence-corrected chi connectivity index (χ2v) is 3.46. The SMILES string of the molecule is OC1CC2(CCCC2)N1O. The van der Waals surface area contributed by atoms with Crippen LogP contribution in [0.5, 0.6) is 0 Å². The van der Waals surface area contributed by atoms with Crippen molar-refractivity contribution in [3.8, 4) is 0 Å². The van der Waals surface area contributed by atoms with E-state index in [0.717, 1.165) is 24.3 Å². The summed E-state index contributed by atoms with van der Waals surface area (Å²) in [6.07, 6.45) is 4.69. The van der Waals surface area contributed by atoms with Crippen molar-refractivity contribution in [1.82, 2.24) is 5.06 Å². The first-order valence-electron chi connectivity index (χ1n) is 3.91. The molecular formula is C7H13NO2. The average molecular weight is 143 g/mol. The molecule has 2 N–H and O–H groups in total. The first-order chi connectivity index (χ1) is 4.75. The van der Waals surface area contributed by atoms with Crippen LogP contribution in [0.3, 0.4) is 0 Å². The average Bonchev–Trinajstić information content (AvgIpc) is 2.38. The van der Waals surface area contributed by atoms with Crippen LogP contribution in [-0.4, -0.2) is 27.1 Å². The molecule has 3 nitrogen and oxygen atoms in total. The van der Waals surface area contributed by atoms with Gasteiger partial charge in [-0.3, -0.25) is 0 Å². The quantitative estimate of drug-likeness (QED) is 0.525. The minimum atomic E-state index is -0.585. The van der Waals surface area contributed by atoms with E-state index in [1.165, 1.54) is 12.8 Å². The summed E-state index contributed by atoms with van der Waals surface area (Å²) in [6, 6.07) is 0. The number of nitrogens with zero attached hydrogens (tertiary/aromatic N) is 1. The summed E-state index contributed by atoms with van der Waals surface area (Å²) in [6.45, 7) is 0. The zero-order valence-electron chi connectivity index (χ0n) is 5.95. The maximum Gasteiger partial charge on any atom is 0.132 e. The van der Waals surface area contributed by atoms with Gasteiger partial charge in [-0.15, -0.1) is 0 Å². The van der Waals surface area contributed by atoms with Gasteiger partial charge in [0.25, 0.3) is 0 Å². The van der Waals surface area contributed by atoms with Gasteiger partial charge in [0, 0.05) is 6.42 Å². The summed E-state index contributed by atoms with van der Waals surface area (Å²) in [5, 5.41) is 19.4. The molecule has 0 bridgehead atoms. The van der Waals surface area contributed by atoms with Crippen LogP contribution in [0.1, 0.15) is 32.1 Å². The van der Waals surface area contributed by atoms with Gasteiger partial charge in [0.2, 0.25) is 0 Å². The van der Waals surface area contributed by atoms with E-state index in [9.17, 15) is 5.21 Å². The van der Waals surface area contributed by atoms with Crippen molar-refractivity contribution < 1.29 is 10.3 Å². The van der Waals surface area contributed by atoms with E-state index >= 15 is 0 Å². The number of hydrogen-bond acceptors (Lipinski definition) is 3. The largest absolute Gasteiger partial charge is 0.376 e. The highest BCUT2D eigenvalue weighted by Gasteiger charge is 2.52. The van der Waals surface area contributed by atoms with E-state index in [0.29, 0.717) is 0 Å². The second kappa shape index (κ2) is 1.94. The van der Waals surface area contributed by atoms with E-state index in [4.69, 9.17) is 5.11 Å². The highest BCUT2D eigenvalue weighted by Crippen LogP contribution is 2.45. The first-order valence-corrected chi connectivity index (χ1v) is 3.91. The Bertz CT molecular complexity index is 143.